The highest BCUT2D eigenvalue weighted by Crippen LogP contribution is 2.36. The van der Waals surface area contributed by atoms with E-state index >= 15 is 0 Å². The Morgan fingerprint density at radius 3 is 2.17 bits per heavy atom. The lowest BCUT2D eigenvalue weighted by Gasteiger charge is -2.36. The van der Waals surface area contributed by atoms with Gasteiger partial charge in [-0.05, 0) is 33.8 Å². The number of benzene rings is 1. The van der Waals surface area contributed by atoms with Gasteiger partial charge in [0.2, 0.25) is 0 Å². The topological polar surface area (TPSA) is 55.3 Å². The van der Waals surface area contributed by atoms with Crippen LogP contribution in [0.1, 0.15) is 39.7 Å². The highest BCUT2D eigenvalue weighted by molar-refractivity contribution is 7.90. The van der Waals surface area contributed by atoms with Gasteiger partial charge in [-0.15, -0.1) is 4.72 Å². The van der Waals surface area contributed by atoms with Gasteiger partial charge in [-0.25, -0.2) is 8.78 Å². The van der Waals surface area contributed by atoms with Crippen molar-refractivity contribution in [3.05, 3.63) is 35.4 Å². The highest BCUT2D eigenvalue weighted by atomic mass is 32.2. The zero-order chi connectivity index (χ0) is 18.9. The van der Waals surface area contributed by atoms with E-state index in [1.54, 1.807) is 20.8 Å². The van der Waals surface area contributed by atoms with Crippen LogP contribution >= 0.6 is 0 Å². The predicted octanol–water partition coefficient (Wildman–Crippen LogP) is 3.55. The molecule has 0 radical (unpaired) electrons. The first-order valence-electron chi connectivity index (χ1n) is 7.07. The van der Waals surface area contributed by atoms with E-state index in [1.807, 2.05) is 0 Å². The fraction of sp³-hybridized carbons (Fsp3) is 0.600. The van der Waals surface area contributed by atoms with Crippen molar-refractivity contribution >= 4 is 11.4 Å². The second-order valence-electron chi connectivity index (χ2n) is 6.68. The summed E-state index contributed by atoms with van der Waals surface area (Å²) in [5.74, 6) is -2.60. The van der Waals surface area contributed by atoms with Crippen molar-refractivity contribution in [3.63, 3.8) is 0 Å². The SMILES string of the molecule is CC(C)(C)[S+]([O-])N[C@@](C)(C[C@H](O)C(F)(F)F)c1cccc(F)c1F. The van der Waals surface area contributed by atoms with E-state index in [-0.39, 0.29) is 0 Å². The molecule has 0 bridgehead atoms. The highest BCUT2D eigenvalue weighted by Gasteiger charge is 2.47. The largest absolute Gasteiger partial charge is 0.598 e. The van der Waals surface area contributed by atoms with Gasteiger partial charge in [0.1, 0.15) is 4.75 Å². The van der Waals surface area contributed by atoms with Crippen LogP contribution in [0.15, 0.2) is 18.2 Å². The summed E-state index contributed by atoms with van der Waals surface area (Å²) in [6.07, 6.45) is -8.77. The van der Waals surface area contributed by atoms with E-state index in [0.717, 1.165) is 25.1 Å². The number of hydrogen-bond donors (Lipinski definition) is 2. The van der Waals surface area contributed by atoms with Gasteiger partial charge in [0, 0.05) is 23.3 Å². The number of alkyl halides is 3. The minimum absolute atomic E-state index is 0.441. The molecular weight excluding hydrogens is 353 g/mol. The summed E-state index contributed by atoms with van der Waals surface area (Å²) in [6.45, 7) is 5.85. The molecule has 3 nitrogen and oxygen atoms in total. The van der Waals surface area contributed by atoms with Crippen molar-refractivity contribution < 1.29 is 31.6 Å². The molecule has 1 aromatic carbocycles. The fourth-order valence-electron chi connectivity index (χ4n) is 2.00. The summed E-state index contributed by atoms with van der Waals surface area (Å²) in [5, 5.41) is 9.38. The van der Waals surface area contributed by atoms with Gasteiger partial charge < -0.3 is 9.66 Å². The Morgan fingerprint density at radius 2 is 1.71 bits per heavy atom. The quantitative estimate of drug-likeness (QED) is 0.613. The molecule has 138 valence electrons. The summed E-state index contributed by atoms with van der Waals surface area (Å²) >= 11 is -1.88. The maximum absolute atomic E-state index is 14.1. The maximum atomic E-state index is 14.1. The molecule has 1 aromatic rings. The third-order valence-corrected chi connectivity index (χ3v) is 5.15. The van der Waals surface area contributed by atoms with Crippen LogP contribution < -0.4 is 4.72 Å². The molecule has 0 aromatic heterocycles. The minimum atomic E-state index is -4.95. The lowest BCUT2D eigenvalue weighted by molar-refractivity contribution is -0.209. The third kappa shape index (κ3) is 5.05. The number of halogens is 5. The molecule has 9 heteroatoms. The van der Waals surface area contributed by atoms with Gasteiger partial charge >= 0.3 is 6.18 Å². The van der Waals surface area contributed by atoms with Gasteiger partial charge in [0.15, 0.2) is 17.7 Å². The molecule has 0 aliphatic heterocycles. The molecule has 0 saturated heterocycles. The number of aliphatic hydroxyl groups excluding tert-OH is 1. The van der Waals surface area contributed by atoms with E-state index in [9.17, 15) is 31.6 Å². The van der Waals surface area contributed by atoms with Gasteiger partial charge in [0.05, 0.1) is 5.54 Å². The molecule has 3 atom stereocenters. The Hall–Kier alpha value is -0.900. The minimum Gasteiger partial charge on any atom is -0.598 e. The summed E-state index contributed by atoms with van der Waals surface area (Å²) in [7, 11) is 0. The zero-order valence-corrected chi connectivity index (χ0v) is 14.5. The Kier molecular flexibility index (Phi) is 6.30. The summed E-state index contributed by atoms with van der Waals surface area (Å²) in [5.41, 5.74) is -2.34. The van der Waals surface area contributed by atoms with E-state index in [2.05, 4.69) is 4.72 Å². The standard InChI is InChI=1S/C15H20F5NO2S/c1-13(2,3)24(23)21-14(4,8-11(22)15(18,19)20)9-6-5-7-10(16)12(9)17/h5-7,11,21-22H,8H2,1-4H3/t11-,14-,24?/m0/s1. The van der Waals surface area contributed by atoms with Crippen molar-refractivity contribution in [2.75, 3.05) is 0 Å². The number of hydrogen-bond acceptors (Lipinski definition) is 3. The van der Waals surface area contributed by atoms with E-state index in [0.29, 0.717) is 0 Å². The Balaban J connectivity index is 3.32. The Labute approximate surface area is 140 Å². The average Bonchev–Trinajstić information content (AvgIpc) is 2.39. The van der Waals surface area contributed by atoms with Crippen LogP contribution in [0.25, 0.3) is 0 Å². The normalized spacial score (nSPS) is 18.1. The summed E-state index contributed by atoms with van der Waals surface area (Å²) in [6, 6.07) is 3.04. The van der Waals surface area contributed by atoms with E-state index in [1.165, 1.54) is 0 Å². The molecular formula is C15H20F5NO2S. The van der Waals surface area contributed by atoms with Gasteiger partial charge in [0.25, 0.3) is 0 Å². The first-order chi connectivity index (χ1) is 10.7. The van der Waals surface area contributed by atoms with Gasteiger partial charge in [-0.2, -0.15) is 13.2 Å². The van der Waals surface area contributed by atoms with Crippen molar-refractivity contribution in [1.29, 1.82) is 0 Å². The first kappa shape index (κ1) is 21.1. The monoisotopic (exact) mass is 373 g/mol. The molecule has 0 heterocycles. The van der Waals surface area contributed by atoms with Crippen LogP contribution in [0.4, 0.5) is 22.0 Å². The van der Waals surface area contributed by atoms with Gasteiger partial charge in [-0.1, -0.05) is 12.1 Å². The molecule has 0 fully saturated rings. The molecule has 2 N–H and O–H groups in total. The molecule has 1 unspecified atom stereocenters. The van der Waals surface area contributed by atoms with Crippen LogP contribution in [0.2, 0.25) is 0 Å². The van der Waals surface area contributed by atoms with Crippen molar-refractivity contribution in [2.24, 2.45) is 0 Å². The molecule has 0 spiro atoms. The predicted molar refractivity (Wildman–Crippen MR) is 81.4 cm³/mol. The van der Waals surface area contributed by atoms with Crippen LogP contribution in [0.5, 0.6) is 0 Å². The lowest BCUT2D eigenvalue weighted by Crippen LogP contribution is -2.53. The van der Waals surface area contributed by atoms with Crippen molar-refractivity contribution in [3.8, 4) is 0 Å². The molecule has 0 saturated carbocycles. The number of rotatable bonds is 5. The van der Waals surface area contributed by atoms with Gasteiger partial charge in [-0.3, -0.25) is 0 Å². The van der Waals surface area contributed by atoms with Crippen molar-refractivity contribution in [1.82, 2.24) is 4.72 Å². The van der Waals surface area contributed by atoms with Crippen LogP contribution in [0, 0.1) is 11.6 Å². The summed E-state index contributed by atoms with van der Waals surface area (Å²) in [4.78, 5) is 0. The van der Waals surface area contributed by atoms with E-state index < -0.39 is 57.5 Å². The number of aliphatic hydroxyl groups is 1. The molecule has 0 aliphatic carbocycles. The zero-order valence-electron chi connectivity index (χ0n) is 13.7. The average molecular weight is 373 g/mol. The maximum Gasteiger partial charge on any atom is 0.414 e. The molecule has 0 amide bonds. The summed E-state index contributed by atoms with van der Waals surface area (Å²) < 4.78 is 79.6. The Morgan fingerprint density at radius 1 is 1.17 bits per heavy atom. The third-order valence-electron chi connectivity index (χ3n) is 3.40. The van der Waals surface area contributed by atoms with Crippen molar-refractivity contribution in [2.45, 2.75) is 56.7 Å². The van der Waals surface area contributed by atoms with Crippen LogP contribution in [0.3, 0.4) is 0 Å². The molecule has 24 heavy (non-hydrogen) atoms. The Bertz CT molecular complexity index is 552. The number of nitrogens with one attached hydrogen (secondary N) is 1. The smallest absolute Gasteiger partial charge is 0.414 e. The fourth-order valence-corrected chi connectivity index (χ4v) is 2.91. The van der Waals surface area contributed by atoms with Crippen LogP contribution in [-0.4, -0.2) is 26.7 Å². The lowest BCUT2D eigenvalue weighted by atomic mass is 9.86. The van der Waals surface area contributed by atoms with E-state index in [4.69, 9.17) is 0 Å². The molecule has 0 aliphatic rings. The second kappa shape index (κ2) is 7.15. The second-order valence-corrected chi connectivity index (χ2v) is 8.64. The molecule has 1 rings (SSSR count). The first-order valence-corrected chi connectivity index (χ1v) is 8.22. The van der Waals surface area contributed by atoms with Crippen LogP contribution in [-0.2, 0) is 16.9 Å².